The lowest BCUT2D eigenvalue weighted by Gasteiger charge is -2.23. The lowest BCUT2D eigenvalue weighted by molar-refractivity contribution is 1.24. The Bertz CT molecular complexity index is 718. The summed E-state index contributed by atoms with van der Waals surface area (Å²) in [4.78, 5) is 13.3. The molecule has 22 heavy (non-hydrogen) atoms. The molecule has 1 aliphatic heterocycles. The molecule has 6 heteroatoms. The average molecular weight is 351 g/mol. The predicted molar refractivity (Wildman–Crippen MR) is 93.9 cm³/mol. The van der Waals surface area contributed by atoms with E-state index in [1.165, 1.54) is 0 Å². The third-order valence-corrected chi connectivity index (χ3v) is 4.44. The van der Waals surface area contributed by atoms with Crippen molar-refractivity contribution in [2.24, 2.45) is 0 Å². The number of rotatable bonds is 2. The van der Waals surface area contributed by atoms with Gasteiger partial charge >= 0.3 is 5.81 Å². The summed E-state index contributed by atoms with van der Waals surface area (Å²) in [5.74, 6) is 1.72. The van der Waals surface area contributed by atoms with Crippen LogP contribution in [0.1, 0.15) is 0 Å². The molecular formula is C16H12BBrN4. The zero-order chi connectivity index (χ0) is 14.9. The third kappa shape index (κ3) is 2.07. The van der Waals surface area contributed by atoms with Crippen molar-refractivity contribution in [2.45, 2.75) is 0 Å². The Kier molecular flexibility index (Phi) is 3.31. The number of fused-ring (bicyclic) bond motifs is 1. The Morgan fingerprint density at radius 2 is 1.14 bits per heavy atom. The normalized spacial score (nSPS) is 13.4. The average Bonchev–Trinajstić information content (AvgIpc) is 2.88. The number of hydrogen-bond acceptors (Lipinski definition) is 4. The lowest BCUT2D eigenvalue weighted by atomic mass is 10.1. The molecule has 3 heterocycles. The van der Waals surface area contributed by atoms with Crippen LogP contribution in [-0.4, -0.2) is 15.8 Å². The molecule has 0 aliphatic carbocycles. The quantitative estimate of drug-likeness (QED) is 0.650. The maximum atomic E-state index is 4.49. The van der Waals surface area contributed by atoms with Gasteiger partial charge in [-0.2, -0.15) is 0 Å². The first-order chi connectivity index (χ1) is 10.9. The molecule has 2 aromatic heterocycles. The summed E-state index contributed by atoms with van der Waals surface area (Å²) in [5.41, 5.74) is 2.21. The molecule has 3 aromatic rings. The molecule has 0 saturated heterocycles. The number of para-hydroxylation sites is 2. The largest absolute Gasteiger partial charge is 0.467 e. The Hall–Kier alpha value is -2.34. The van der Waals surface area contributed by atoms with Crippen LogP contribution in [0.3, 0.4) is 0 Å². The molecule has 0 fully saturated rings. The van der Waals surface area contributed by atoms with Crippen LogP contribution in [0.2, 0.25) is 0 Å². The summed E-state index contributed by atoms with van der Waals surface area (Å²) >= 11 is 3.80. The molecule has 0 N–H and O–H groups in total. The van der Waals surface area contributed by atoms with E-state index in [2.05, 4.69) is 47.5 Å². The molecule has 0 atom stereocenters. The second kappa shape index (κ2) is 5.46. The molecule has 1 aliphatic rings. The highest BCUT2D eigenvalue weighted by atomic mass is 79.9. The third-order valence-electron chi connectivity index (χ3n) is 3.62. The monoisotopic (exact) mass is 350 g/mol. The maximum Gasteiger partial charge on any atom is 0.467 e. The number of nitrogens with zero attached hydrogens (tertiary/aromatic N) is 4. The van der Waals surface area contributed by atoms with E-state index in [-0.39, 0.29) is 5.81 Å². The van der Waals surface area contributed by atoms with E-state index in [0.717, 1.165) is 23.0 Å². The lowest BCUT2D eigenvalue weighted by Crippen LogP contribution is -2.38. The van der Waals surface area contributed by atoms with Gasteiger partial charge in [-0.05, 0) is 36.4 Å². The highest BCUT2D eigenvalue weighted by Gasteiger charge is 2.41. The first-order valence-corrected chi connectivity index (χ1v) is 7.91. The second-order valence-corrected chi connectivity index (χ2v) is 5.73. The second-order valence-electron chi connectivity index (χ2n) is 4.92. The minimum Gasteiger partial charge on any atom is -0.338 e. The van der Waals surface area contributed by atoms with E-state index in [1.54, 1.807) is 12.4 Å². The summed E-state index contributed by atoms with van der Waals surface area (Å²) in [6.07, 6.45) is 3.61. The van der Waals surface area contributed by atoms with Gasteiger partial charge in [-0.25, -0.2) is 9.97 Å². The van der Waals surface area contributed by atoms with Crippen LogP contribution in [-0.2, 0) is 0 Å². The fourth-order valence-electron chi connectivity index (χ4n) is 2.67. The van der Waals surface area contributed by atoms with E-state index in [0.29, 0.717) is 0 Å². The first kappa shape index (κ1) is 13.3. The summed E-state index contributed by atoms with van der Waals surface area (Å²) in [6.45, 7) is 0. The van der Waals surface area contributed by atoms with Crippen molar-refractivity contribution < 1.29 is 0 Å². The molecular weight excluding hydrogens is 339 g/mol. The fourth-order valence-corrected chi connectivity index (χ4v) is 3.53. The molecule has 0 saturated carbocycles. The topological polar surface area (TPSA) is 32.3 Å². The van der Waals surface area contributed by atoms with E-state index in [9.17, 15) is 0 Å². The Balaban J connectivity index is 1.87. The SMILES string of the molecule is BrB1N(c2ccccn2)c2ccccc2N1c1ccccn1. The highest BCUT2D eigenvalue weighted by molar-refractivity contribution is 9.24. The van der Waals surface area contributed by atoms with Gasteiger partial charge in [0.1, 0.15) is 11.6 Å². The van der Waals surface area contributed by atoms with Crippen molar-refractivity contribution in [3.63, 3.8) is 0 Å². The number of halogens is 1. The molecule has 0 spiro atoms. The molecule has 4 nitrogen and oxygen atoms in total. The van der Waals surface area contributed by atoms with Gasteiger partial charge in [0.2, 0.25) is 0 Å². The molecule has 4 rings (SSSR count). The van der Waals surface area contributed by atoms with Crippen LogP contribution in [0.5, 0.6) is 0 Å². The first-order valence-electron chi connectivity index (χ1n) is 7.00. The number of pyridine rings is 2. The minimum atomic E-state index is -0.0744. The summed E-state index contributed by atoms with van der Waals surface area (Å²) in [7, 11) is 0. The standard InChI is InChI=1S/C16H12BBrN4/c18-17-21(15-9-3-5-11-19-15)13-7-1-2-8-14(13)22(17)16-10-4-6-12-20-16/h1-12H. The number of benzene rings is 1. The Morgan fingerprint density at radius 3 is 1.55 bits per heavy atom. The minimum absolute atomic E-state index is 0.0744. The van der Waals surface area contributed by atoms with Gasteiger partial charge < -0.3 is 9.62 Å². The van der Waals surface area contributed by atoms with Crippen molar-refractivity contribution in [1.82, 2.24) is 9.97 Å². The van der Waals surface area contributed by atoms with Gasteiger partial charge in [-0.1, -0.05) is 40.0 Å². The molecule has 0 radical (unpaired) electrons. The zero-order valence-electron chi connectivity index (χ0n) is 11.7. The van der Waals surface area contributed by atoms with Crippen molar-refractivity contribution in [3.05, 3.63) is 73.1 Å². The molecule has 1 aromatic carbocycles. The number of hydrogen-bond donors (Lipinski definition) is 0. The van der Waals surface area contributed by atoms with Crippen molar-refractivity contribution >= 4 is 44.6 Å². The van der Waals surface area contributed by atoms with Crippen molar-refractivity contribution in [2.75, 3.05) is 9.62 Å². The van der Waals surface area contributed by atoms with Crippen LogP contribution in [0.25, 0.3) is 0 Å². The van der Waals surface area contributed by atoms with Gasteiger partial charge in [0.15, 0.2) is 0 Å². The van der Waals surface area contributed by atoms with Gasteiger partial charge in [-0.3, -0.25) is 0 Å². The highest BCUT2D eigenvalue weighted by Crippen LogP contribution is 2.46. The van der Waals surface area contributed by atoms with E-state index in [4.69, 9.17) is 0 Å². The van der Waals surface area contributed by atoms with Gasteiger partial charge in [0.25, 0.3) is 0 Å². The molecule has 0 bridgehead atoms. The van der Waals surface area contributed by atoms with Gasteiger partial charge in [0.05, 0.1) is 11.4 Å². The number of aromatic nitrogens is 2. The van der Waals surface area contributed by atoms with Crippen LogP contribution in [0, 0.1) is 0 Å². The summed E-state index contributed by atoms with van der Waals surface area (Å²) < 4.78 is 0. The smallest absolute Gasteiger partial charge is 0.338 e. The van der Waals surface area contributed by atoms with Gasteiger partial charge in [0, 0.05) is 12.4 Å². The van der Waals surface area contributed by atoms with Crippen molar-refractivity contribution in [3.8, 4) is 0 Å². The van der Waals surface area contributed by atoms with Crippen LogP contribution >= 0.6 is 15.8 Å². The van der Waals surface area contributed by atoms with Crippen molar-refractivity contribution in [1.29, 1.82) is 0 Å². The predicted octanol–water partition coefficient (Wildman–Crippen LogP) is 4.15. The fraction of sp³-hybridized carbons (Fsp3) is 0. The number of anilines is 4. The van der Waals surface area contributed by atoms with E-state index >= 15 is 0 Å². The van der Waals surface area contributed by atoms with Gasteiger partial charge in [-0.15, -0.1) is 0 Å². The van der Waals surface area contributed by atoms with E-state index < -0.39 is 0 Å². The zero-order valence-corrected chi connectivity index (χ0v) is 13.3. The summed E-state index contributed by atoms with van der Waals surface area (Å²) in [5, 5.41) is 0. The molecule has 106 valence electrons. The van der Waals surface area contributed by atoms with E-state index in [1.807, 2.05) is 48.5 Å². The molecule has 0 amide bonds. The Labute approximate surface area is 137 Å². The molecule has 0 unspecified atom stereocenters. The Morgan fingerprint density at radius 1 is 0.682 bits per heavy atom. The maximum absolute atomic E-state index is 4.49. The van der Waals surface area contributed by atoms with Crippen LogP contribution in [0.15, 0.2) is 73.1 Å². The summed E-state index contributed by atoms with van der Waals surface area (Å²) in [6, 6.07) is 20.1. The van der Waals surface area contributed by atoms with Crippen LogP contribution < -0.4 is 9.62 Å². The van der Waals surface area contributed by atoms with Crippen LogP contribution in [0.4, 0.5) is 23.0 Å².